The van der Waals surface area contributed by atoms with E-state index in [2.05, 4.69) is 16.8 Å². The molecule has 2 nitrogen and oxygen atoms in total. The van der Waals surface area contributed by atoms with Gasteiger partial charge in [-0.25, -0.2) is 4.39 Å². The summed E-state index contributed by atoms with van der Waals surface area (Å²) in [7, 11) is 0. The Labute approximate surface area is 139 Å². The van der Waals surface area contributed by atoms with Gasteiger partial charge in [0.2, 0.25) is 0 Å². The predicted molar refractivity (Wildman–Crippen MR) is 92.2 cm³/mol. The van der Waals surface area contributed by atoms with Crippen molar-refractivity contribution in [2.75, 3.05) is 26.2 Å². The maximum atomic E-state index is 13.4. The second-order valence-electron chi connectivity index (χ2n) is 5.18. The number of halogens is 3. The van der Waals surface area contributed by atoms with Crippen LogP contribution >= 0.6 is 24.8 Å². The number of aryl methyl sites for hydroxylation is 1. The van der Waals surface area contributed by atoms with Crippen molar-refractivity contribution >= 4 is 24.8 Å². The number of hydrogen-bond acceptors (Lipinski definition) is 2. The molecule has 0 amide bonds. The molecule has 1 aromatic rings. The lowest BCUT2D eigenvalue weighted by Crippen LogP contribution is -2.45. The lowest BCUT2D eigenvalue weighted by atomic mass is 9.97. The first-order chi connectivity index (χ1) is 9.22. The molecule has 1 aliphatic heterocycles. The van der Waals surface area contributed by atoms with E-state index in [4.69, 9.17) is 0 Å². The molecule has 120 valence electrons. The lowest BCUT2D eigenvalue weighted by molar-refractivity contribution is 0.166. The first kappa shape index (κ1) is 20.4. The fourth-order valence-corrected chi connectivity index (χ4v) is 2.70. The Hall–Kier alpha value is -0.610. The van der Waals surface area contributed by atoms with Gasteiger partial charge in [0, 0.05) is 32.2 Å². The third-order valence-corrected chi connectivity index (χ3v) is 3.80. The molecule has 0 aliphatic carbocycles. The summed E-state index contributed by atoms with van der Waals surface area (Å²) in [6.45, 7) is 9.82. The van der Waals surface area contributed by atoms with Crippen LogP contribution in [0.3, 0.4) is 0 Å². The van der Waals surface area contributed by atoms with Gasteiger partial charge in [-0.05, 0) is 37.0 Å². The van der Waals surface area contributed by atoms with Crippen LogP contribution in [0.2, 0.25) is 0 Å². The predicted octanol–water partition coefficient (Wildman–Crippen LogP) is 3.89. The Bertz CT molecular complexity index is 434. The molecular weight excluding hydrogens is 310 g/mol. The Morgan fingerprint density at radius 2 is 2.00 bits per heavy atom. The zero-order valence-electron chi connectivity index (χ0n) is 12.5. The number of allylic oxidation sites excluding steroid dienone is 1. The Morgan fingerprint density at radius 1 is 1.33 bits per heavy atom. The normalized spacial score (nSPS) is 16.5. The highest BCUT2D eigenvalue weighted by molar-refractivity contribution is 5.85. The molecule has 0 radical (unpaired) electrons. The molecular formula is C16H25Cl2FN2. The van der Waals surface area contributed by atoms with Gasteiger partial charge in [-0.2, -0.15) is 0 Å². The summed E-state index contributed by atoms with van der Waals surface area (Å²) in [6, 6.07) is 5.89. The summed E-state index contributed by atoms with van der Waals surface area (Å²) >= 11 is 0. The number of piperazine rings is 1. The second kappa shape index (κ2) is 10.2. The number of hydrogen-bond donors (Lipinski definition) is 1. The molecule has 1 aliphatic rings. The van der Waals surface area contributed by atoms with Crippen molar-refractivity contribution in [3.05, 3.63) is 47.8 Å². The quantitative estimate of drug-likeness (QED) is 0.822. The zero-order chi connectivity index (χ0) is 13.7. The summed E-state index contributed by atoms with van der Waals surface area (Å²) in [5.74, 6) is -0.119. The number of benzene rings is 1. The lowest BCUT2D eigenvalue weighted by Gasteiger charge is -2.35. The van der Waals surface area contributed by atoms with Gasteiger partial charge in [0.05, 0.1) is 0 Å². The summed E-state index contributed by atoms with van der Waals surface area (Å²) < 4.78 is 13.4. The van der Waals surface area contributed by atoms with E-state index in [1.165, 1.54) is 5.56 Å². The zero-order valence-corrected chi connectivity index (χ0v) is 14.1. The van der Waals surface area contributed by atoms with Crippen LogP contribution in [0, 0.1) is 12.7 Å². The van der Waals surface area contributed by atoms with Crippen molar-refractivity contribution in [2.24, 2.45) is 0 Å². The van der Waals surface area contributed by atoms with Crippen molar-refractivity contribution in [2.45, 2.75) is 25.8 Å². The van der Waals surface area contributed by atoms with Gasteiger partial charge in [0.1, 0.15) is 5.82 Å². The van der Waals surface area contributed by atoms with Crippen LogP contribution in [0.15, 0.2) is 30.9 Å². The smallest absolute Gasteiger partial charge is 0.126 e. The second-order valence-corrected chi connectivity index (χ2v) is 5.18. The van der Waals surface area contributed by atoms with Crippen LogP contribution in [0.1, 0.15) is 30.0 Å². The summed E-state index contributed by atoms with van der Waals surface area (Å²) in [4.78, 5) is 2.49. The van der Waals surface area contributed by atoms with Crippen LogP contribution in [0.5, 0.6) is 0 Å². The SMILES string of the molecule is C=CCC[C@H](c1ccc(F)c(C)c1)N1CCNCC1.Cl.Cl. The van der Waals surface area contributed by atoms with Crippen LogP contribution in [0.4, 0.5) is 4.39 Å². The number of nitrogens with one attached hydrogen (secondary N) is 1. The molecule has 0 bridgehead atoms. The fourth-order valence-electron chi connectivity index (χ4n) is 2.70. The van der Waals surface area contributed by atoms with Crippen LogP contribution in [-0.4, -0.2) is 31.1 Å². The number of rotatable bonds is 5. The molecule has 2 rings (SSSR count). The van der Waals surface area contributed by atoms with E-state index >= 15 is 0 Å². The van der Waals surface area contributed by atoms with E-state index < -0.39 is 0 Å². The van der Waals surface area contributed by atoms with Crippen LogP contribution in [-0.2, 0) is 0 Å². The van der Waals surface area contributed by atoms with Gasteiger partial charge < -0.3 is 5.32 Å². The fraction of sp³-hybridized carbons (Fsp3) is 0.500. The topological polar surface area (TPSA) is 15.3 Å². The minimum absolute atomic E-state index is 0. The highest BCUT2D eigenvalue weighted by Gasteiger charge is 2.21. The number of nitrogens with zero attached hydrogens (tertiary/aromatic N) is 1. The van der Waals surface area contributed by atoms with Gasteiger partial charge in [0.15, 0.2) is 0 Å². The van der Waals surface area contributed by atoms with E-state index in [0.29, 0.717) is 6.04 Å². The minimum atomic E-state index is -0.119. The molecule has 1 fully saturated rings. The van der Waals surface area contributed by atoms with Crippen molar-refractivity contribution in [3.8, 4) is 0 Å². The Morgan fingerprint density at radius 3 is 2.57 bits per heavy atom. The molecule has 21 heavy (non-hydrogen) atoms. The van der Waals surface area contributed by atoms with Gasteiger partial charge in [-0.3, -0.25) is 4.90 Å². The summed E-state index contributed by atoms with van der Waals surface area (Å²) in [6.07, 6.45) is 4.01. The maximum Gasteiger partial charge on any atom is 0.126 e. The van der Waals surface area contributed by atoms with E-state index in [0.717, 1.165) is 44.6 Å². The molecule has 0 saturated carbocycles. The molecule has 0 spiro atoms. The Balaban J connectivity index is 0.00000200. The average Bonchev–Trinajstić information content (AvgIpc) is 2.44. The van der Waals surface area contributed by atoms with E-state index in [1.54, 1.807) is 6.07 Å². The summed E-state index contributed by atoms with van der Waals surface area (Å²) in [5, 5.41) is 3.38. The molecule has 1 N–H and O–H groups in total. The third-order valence-electron chi connectivity index (χ3n) is 3.80. The average molecular weight is 335 g/mol. The molecule has 1 aromatic carbocycles. The standard InChI is InChI=1S/C16H23FN2.2ClH/c1-3-4-5-16(19-10-8-18-9-11-19)14-6-7-15(17)13(2)12-14;;/h3,6-7,12,16,18H,1,4-5,8-11H2,2H3;2*1H/t16-;;/m1../s1. The third kappa shape index (κ3) is 5.59. The van der Waals surface area contributed by atoms with Gasteiger partial charge in [0.25, 0.3) is 0 Å². The highest BCUT2D eigenvalue weighted by atomic mass is 35.5. The maximum absolute atomic E-state index is 13.4. The molecule has 0 unspecified atom stereocenters. The Kier molecular flexibility index (Phi) is 9.88. The highest BCUT2D eigenvalue weighted by Crippen LogP contribution is 2.27. The summed E-state index contributed by atoms with van der Waals surface area (Å²) in [5.41, 5.74) is 1.96. The van der Waals surface area contributed by atoms with Crippen LogP contribution < -0.4 is 5.32 Å². The first-order valence-electron chi connectivity index (χ1n) is 7.04. The van der Waals surface area contributed by atoms with Crippen molar-refractivity contribution in [1.82, 2.24) is 10.2 Å². The van der Waals surface area contributed by atoms with Crippen molar-refractivity contribution in [3.63, 3.8) is 0 Å². The molecule has 1 heterocycles. The van der Waals surface area contributed by atoms with Crippen molar-refractivity contribution < 1.29 is 4.39 Å². The molecule has 5 heteroatoms. The van der Waals surface area contributed by atoms with E-state index in [-0.39, 0.29) is 30.6 Å². The first-order valence-corrected chi connectivity index (χ1v) is 7.04. The van der Waals surface area contributed by atoms with E-state index in [9.17, 15) is 4.39 Å². The monoisotopic (exact) mass is 334 g/mol. The van der Waals surface area contributed by atoms with Gasteiger partial charge in [-0.15, -0.1) is 31.4 Å². The largest absolute Gasteiger partial charge is 0.314 e. The van der Waals surface area contributed by atoms with E-state index in [1.807, 2.05) is 25.1 Å². The van der Waals surface area contributed by atoms with Crippen LogP contribution in [0.25, 0.3) is 0 Å². The van der Waals surface area contributed by atoms with Crippen molar-refractivity contribution in [1.29, 1.82) is 0 Å². The molecule has 1 atom stereocenters. The van der Waals surface area contributed by atoms with Gasteiger partial charge in [-0.1, -0.05) is 18.2 Å². The molecule has 1 saturated heterocycles. The van der Waals surface area contributed by atoms with Gasteiger partial charge >= 0.3 is 0 Å². The molecule has 0 aromatic heterocycles. The minimum Gasteiger partial charge on any atom is -0.314 e.